The molecule has 0 aliphatic carbocycles. The van der Waals surface area contributed by atoms with Crippen LogP contribution in [0.25, 0.3) is 0 Å². The second-order valence-corrected chi connectivity index (χ2v) is 4.25. The van der Waals surface area contributed by atoms with Crippen LogP contribution >= 0.6 is 0 Å². The molecule has 3 N–H and O–H groups in total. The molecule has 0 bridgehead atoms. The number of rotatable bonds is 5. The van der Waals surface area contributed by atoms with E-state index in [-0.39, 0.29) is 18.7 Å². The van der Waals surface area contributed by atoms with E-state index in [0.29, 0.717) is 0 Å². The molecule has 0 aliphatic heterocycles. The second kappa shape index (κ2) is 5.87. The van der Waals surface area contributed by atoms with Crippen LogP contribution in [0.4, 0.5) is 5.69 Å². The maximum absolute atomic E-state index is 9.09. The largest absolute Gasteiger partial charge is 0.394 e. The van der Waals surface area contributed by atoms with Crippen molar-refractivity contribution in [3.8, 4) is 0 Å². The van der Waals surface area contributed by atoms with Gasteiger partial charge in [0, 0.05) is 24.8 Å². The normalized spacial score (nSPS) is 14.6. The molecule has 3 heteroatoms. The van der Waals surface area contributed by atoms with Crippen LogP contribution in [0.5, 0.6) is 0 Å². The lowest BCUT2D eigenvalue weighted by atomic mass is 10.0. The summed E-state index contributed by atoms with van der Waals surface area (Å²) >= 11 is 0. The number of nitrogens with zero attached hydrogens (tertiary/aromatic N) is 1. The van der Waals surface area contributed by atoms with Gasteiger partial charge < -0.3 is 15.7 Å². The van der Waals surface area contributed by atoms with Crippen molar-refractivity contribution < 1.29 is 5.11 Å². The van der Waals surface area contributed by atoms with E-state index in [2.05, 4.69) is 36.1 Å². The van der Waals surface area contributed by atoms with Gasteiger partial charge in [0.2, 0.25) is 0 Å². The Balaban J connectivity index is 2.78. The summed E-state index contributed by atoms with van der Waals surface area (Å²) in [5.41, 5.74) is 8.22. The summed E-state index contributed by atoms with van der Waals surface area (Å²) < 4.78 is 0. The molecule has 1 rings (SSSR count). The van der Waals surface area contributed by atoms with Crippen LogP contribution in [0.2, 0.25) is 0 Å². The first kappa shape index (κ1) is 13.0. The van der Waals surface area contributed by atoms with Gasteiger partial charge in [0.15, 0.2) is 0 Å². The Hall–Kier alpha value is -1.06. The van der Waals surface area contributed by atoms with Gasteiger partial charge in [0.05, 0.1) is 6.61 Å². The summed E-state index contributed by atoms with van der Waals surface area (Å²) in [6, 6.07) is 8.47. The average Bonchev–Trinajstić information content (AvgIpc) is 2.36. The van der Waals surface area contributed by atoms with Gasteiger partial charge in [-0.25, -0.2) is 0 Å². The molecule has 16 heavy (non-hydrogen) atoms. The zero-order chi connectivity index (χ0) is 12.1. The lowest BCUT2D eigenvalue weighted by Gasteiger charge is -2.25. The van der Waals surface area contributed by atoms with Crippen molar-refractivity contribution >= 4 is 5.69 Å². The molecule has 0 saturated heterocycles. The smallest absolute Gasteiger partial charge is 0.0632 e. The first-order valence-electron chi connectivity index (χ1n) is 5.79. The van der Waals surface area contributed by atoms with E-state index in [4.69, 9.17) is 10.8 Å². The number of benzene rings is 1. The topological polar surface area (TPSA) is 49.5 Å². The van der Waals surface area contributed by atoms with E-state index in [1.165, 1.54) is 0 Å². The minimum atomic E-state index is 0.120. The molecule has 0 spiro atoms. The monoisotopic (exact) mass is 222 g/mol. The van der Waals surface area contributed by atoms with Crippen molar-refractivity contribution in [1.29, 1.82) is 0 Å². The summed E-state index contributed by atoms with van der Waals surface area (Å²) in [7, 11) is 1.98. The molecule has 0 saturated carbocycles. The molecule has 0 heterocycles. The Morgan fingerprint density at radius 3 is 2.31 bits per heavy atom. The van der Waals surface area contributed by atoms with E-state index in [9.17, 15) is 0 Å². The first-order chi connectivity index (χ1) is 7.60. The highest BCUT2D eigenvalue weighted by molar-refractivity contribution is 5.48. The number of nitrogens with two attached hydrogens (primary N) is 1. The third-order valence-corrected chi connectivity index (χ3v) is 3.09. The highest BCUT2D eigenvalue weighted by Crippen LogP contribution is 2.20. The average molecular weight is 222 g/mol. The number of aliphatic hydroxyl groups excluding tert-OH is 1. The highest BCUT2D eigenvalue weighted by atomic mass is 16.3. The van der Waals surface area contributed by atoms with E-state index >= 15 is 0 Å². The third-order valence-electron chi connectivity index (χ3n) is 3.09. The number of anilines is 1. The fourth-order valence-corrected chi connectivity index (χ4v) is 1.57. The molecule has 2 unspecified atom stereocenters. The van der Waals surface area contributed by atoms with Gasteiger partial charge in [-0.3, -0.25) is 0 Å². The van der Waals surface area contributed by atoms with Gasteiger partial charge in [-0.05, 0) is 31.0 Å². The lowest BCUT2D eigenvalue weighted by molar-refractivity contribution is 0.270. The number of hydrogen-bond donors (Lipinski definition) is 2. The third kappa shape index (κ3) is 2.97. The van der Waals surface area contributed by atoms with E-state index < -0.39 is 0 Å². The van der Waals surface area contributed by atoms with Crippen LogP contribution in [0.3, 0.4) is 0 Å². The molecule has 0 amide bonds. The van der Waals surface area contributed by atoms with Crippen LogP contribution in [0.15, 0.2) is 24.3 Å². The Labute approximate surface area is 97.9 Å². The molecule has 90 valence electrons. The van der Waals surface area contributed by atoms with Crippen LogP contribution in [0, 0.1) is 0 Å². The van der Waals surface area contributed by atoms with Gasteiger partial charge in [0.25, 0.3) is 0 Å². The van der Waals surface area contributed by atoms with E-state index in [0.717, 1.165) is 17.7 Å². The van der Waals surface area contributed by atoms with Crippen molar-refractivity contribution in [2.24, 2.45) is 5.73 Å². The van der Waals surface area contributed by atoms with Crippen LogP contribution in [-0.2, 0) is 0 Å². The Morgan fingerprint density at radius 1 is 1.31 bits per heavy atom. The van der Waals surface area contributed by atoms with Gasteiger partial charge in [-0.1, -0.05) is 19.1 Å². The zero-order valence-corrected chi connectivity index (χ0v) is 10.4. The quantitative estimate of drug-likeness (QED) is 0.800. The summed E-state index contributed by atoms with van der Waals surface area (Å²) in [5, 5.41) is 9.09. The number of aliphatic hydroxyl groups is 1. The molecule has 1 aromatic carbocycles. The molecule has 2 atom stereocenters. The van der Waals surface area contributed by atoms with Crippen LogP contribution < -0.4 is 10.6 Å². The van der Waals surface area contributed by atoms with Crippen LogP contribution in [-0.4, -0.2) is 24.8 Å². The molecule has 0 radical (unpaired) electrons. The summed E-state index contributed by atoms with van der Waals surface area (Å²) in [5.74, 6) is 0. The van der Waals surface area contributed by atoms with Crippen molar-refractivity contribution in [2.75, 3.05) is 18.6 Å². The predicted molar refractivity (Wildman–Crippen MR) is 68.6 cm³/mol. The van der Waals surface area contributed by atoms with Crippen LogP contribution in [0.1, 0.15) is 31.9 Å². The summed E-state index contributed by atoms with van der Waals surface area (Å²) in [6.45, 7) is 4.23. The molecular formula is C13H22N2O. The SMILES string of the molecule is CCC(N)c1ccc(N(C)C(C)CO)cc1. The van der Waals surface area contributed by atoms with E-state index in [1.54, 1.807) is 0 Å². The fraction of sp³-hybridized carbons (Fsp3) is 0.538. The van der Waals surface area contributed by atoms with Gasteiger partial charge >= 0.3 is 0 Å². The molecule has 0 fully saturated rings. The summed E-state index contributed by atoms with van der Waals surface area (Å²) in [4.78, 5) is 2.06. The molecule has 0 aliphatic rings. The number of hydrogen-bond acceptors (Lipinski definition) is 3. The van der Waals surface area contributed by atoms with Gasteiger partial charge in [-0.15, -0.1) is 0 Å². The lowest BCUT2D eigenvalue weighted by Crippen LogP contribution is -2.31. The van der Waals surface area contributed by atoms with E-state index in [1.807, 2.05) is 14.0 Å². The highest BCUT2D eigenvalue weighted by Gasteiger charge is 2.09. The molecular weight excluding hydrogens is 200 g/mol. The maximum Gasteiger partial charge on any atom is 0.0632 e. The standard InChI is InChI=1S/C13H22N2O/c1-4-13(14)11-5-7-12(8-6-11)15(3)10(2)9-16/h5-8,10,13,16H,4,9,14H2,1-3H3. The van der Waals surface area contributed by atoms with Crippen molar-refractivity contribution in [3.63, 3.8) is 0 Å². The molecule has 1 aromatic rings. The minimum absolute atomic E-state index is 0.120. The summed E-state index contributed by atoms with van der Waals surface area (Å²) in [6.07, 6.45) is 0.947. The minimum Gasteiger partial charge on any atom is -0.394 e. The molecule has 3 nitrogen and oxygen atoms in total. The zero-order valence-electron chi connectivity index (χ0n) is 10.4. The maximum atomic E-state index is 9.09. The number of likely N-dealkylation sites (N-methyl/N-ethyl adjacent to an activating group) is 1. The Kier molecular flexibility index (Phi) is 4.77. The fourth-order valence-electron chi connectivity index (χ4n) is 1.57. The Morgan fingerprint density at radius 2 is 1.88 bits per heavy atom. The van der Waals surface area contributed by atoms with Gasteiger partial charge in [-0.2, -0.15) is 0 Å². The van der Waals surface area contributed by atoms with Crippen molar-refractivity contribution in [2.45, 2.75) is 32.4 Å². The predicted octanol–water partition coefficient (Wildman–Crippen LogP) is 1.91. The van der Waals surface area contributed by atoms with Crippen molar-refractivity contribution in [3.05, 3.63) is 29.8 Å². The van der Waals surface area contributed by atoms with Gasteiger partial charge in [0.1, 0.15) is 0 Å². The molecule has 0 aromatic heterocycles. The Bertz CT molecular complexity index is 310. The first-order valence-corrected chi connectivity index (χ1v) is 5.79. The second-order valence-electron chi connectivity index (χ2n) is 4.25. The van der Waals surface area contributed by atoms with Crippen molar-refractivity contribution in [1.82, 2.24) is 0 Å².